The van der Waals surface area contributed by atoms with E-state index >= 15 is 0 Å². The summed E-state index contributed by atoms with van der Waals surface area (Å²) in [4.78, 5) is 24.7. The Kier molecular flexibility index (Phi) is 5.56. The maximum Gasteiger partial charge on any atom is 0.255 e. The SMILES string of the molecule is O=C(Nc1cccc(C(=O)Nc2cc(Cl)cc(Cl)c2)c1)c1ccccc1. The molecule has 0 aromatic heterocycles. The van der Waals surface area contributed by atoms with Crippen molar-refractivity contribution in [2.75, 3.05) is 10.6 Å². The van der Waals surface area contributed by atoms with Gasteiger partial charge in [-0.3, -0.25) is 9.59 Å². The standard InChI is InChI=1S/C20H14Cl2N2O2/c21-15-10-16(22)12-18(11-15)24-20(26)14-7-4-8-17(9-14)23-19(25)13-5-2-1-3-6-13/h1-12H,(H,23,25)(H,24,26). The highest BCUT2D eigenvalue weighted by atomic mass is 35.5. The van der Waals surface area contributed by atoms with E-state index in [1.54, 1.807) is 66.7 Å². The number of halogens is 2. The van der Waals surface area contributed by atoms with Gasteiger partial charge in [0.1, 0.15) is 0 Å². The third-order valence-corrected chi connectivity index (χ3v) is 3.98. The number of hydrogen-bond donors (Lipinski definition) is 2. The van der Waals surface area contributed by atoms with Gasteiger partial charge in [0.05, 0.1) is 0 Å². The summed E-state index contributed by atoms with van der Waals surface area (Å²) in [5.41, 5.74) is 1.95. The zero-order valence-electron chi connectivity index (χ0n) is 13.5. The van der Waals surface area contributed by atoms with Crippen LogP contribution < -0.4 is 10.6 Å². The number of benzene rings is 3. The third-order valence-electron chi connectivity index (χ3n) is 3.54. The Morgan fingerprint density at radius 1 is 0.615 bits per heavy atom. The van der Waals surface area contributed by atoms with Crippen molar-refractivity contribution < 1.29 is 9.59 Å². The zero-order valence-corrected chi connectivity index (χ0v) is 15.0. The van der Waals surface area contributed by atoms with Gasteiger partial charge in [-0.05, 0) is 48.5 Å². The van der Waals surface area contributed by atoms with Crippen molar-refractivity contribution in [3.63, 3.8) is 0 Å². The molecular formula is C20H14Cl2N2O2. The van der Waals surface area contributed by atoms with E-state index in [1.165, 1.54) is 0 Å². The van der Waals surface area contributed by atoms with E-state index in [0.29, 0.717) is 32.5 Å². The molecule has 0 aliphatic rings. The molecule has 0 aliphatic carbocycles. The minimum absolute atomic E-state index is 0.246. The molecule has 4 nitrogen and oxygen atoms in total. The van der Waals surface area contributed by atoms with Gasteiger partial charge in [0.15, 0.2) is 0 Å². The molecule has 0 bridgehead atoms. The van der Waals surface area contributed by atoms with Crippen molar-refractivity contribution in [1.82, 2.24) is 0 Å². The summed E-state index contributed by atoms with van der Waals surface area (Å²) in [6.45, 7) is 0. The quantitative estimate of drug-likeness (QED) is 0.623. The monoisotopic (exact) mass is 384 g/mol. The van der Waals surface area contributed by atoms with E-state index in [0.717, 1.165) is 0 Å². The number of carbonyl (C=O) groups excluding carboxylic acids is 2. The number of rotatable bonds is 4. The van der Waals surface area contributed by atoms with Crippen LogP contribution in [-0.2, 0) is 0 Å². The van der Waals surface area contributed by atoms with Gasteiger partial charge in [0.2, 0.25) is 0 Å². The van der Waals surface area contributed by atoms with Crippen LogP contribution >= 0.6 is 23.2 Å². The molecule has 3 rings (SSSR count). The van der Waals surface area contributed by atoms with Gasteiger partial charge < -0.3 is 10.6 Å². The molecule has 3 aromatic rings. The fourth-order valence-corrected chi connectivity index (χ4v) is 2.89. The van der Waals surface area contributed by atoms with Crippen molar-refractivity contribution in [3.05, 3.63) is 94.0 Å². The average Bonchev–Trinajstić information content (AvgIpc) is 2.62. The minimum atomic E-state index is -0.334. The molecule has 26 heavy (non-hydrogen) atoms. The molecule has 3 aromatic carbocycles. The van der Waals surface area contributed by atoms with Crippen LogP contribution in [-0.4, -0.2) is 11.8 Å². The first-order valence-corrected chi connectivity index (χ1v) is 8.51. The predicted molar refractivity (Wildman–Crippen MR) is 105 cm³/mol. The highest BCUT2D eigenvalue weighted by Gasteiger charge is 2.10. The Bertz CT molecular complexity index is 939. The second-order valence-electron chi connectivity index (χ2n) is 5.51. The van der Waals surface area contributed by atoms with Crippen LogP contribution in [0.15, 0.2) is 72.8 Å². The molecule has 0 saturated heterocycles. The summed E-state index contributed by atoms with van der Waals surface area (Å²) in [6.07, 6.45) is 0. The Morgan fingerprint density at radius 3 is 1.88 bits per heavy atom. The molecular weight excluding hydrogens is 371 g/mol. The van der Waals surface area contributed by atoms with Gasteiger partial charge in [-0.2, -0.15) is 0 Å². The van der Waals surface area contributed by atoms with Crippen LogP contribution in [0.5, 0.6) is 0 Å². The molecule has 0 atom stereocenters. The summed E-state index contributed by atoms with van der Waals surface area (Å²) in [5.74, 6) is -0.580. The lowest BCUT2D eigenvalue weighted by Crippen LogP contribution is -2.14. The first kappa shape index (κ1) is 18.0. The van der Waals surface area contributed by atoms with E-state index in [2.05, 4.69) is 10.6 Å². The van der Waals surface area contributed by atoms with E-state index in [-0.39, 0.29) is 11.8 Å². The van der Waals surface area contributed by atoms with Gasteiger partial charge in [-0.1, -0.05) is 47.5 Å². The molecule has 0 heterocycles. The van der Waals surface area contributed by atoms with Crippen molar-refractivity contribution in [3.8, 4) is 0 Å². The van der Waals surface area contributed by atoms with Crippen molar-refractivity contribution in [2.45, 2.75) is 0 Å². The lowest BCUT2D eigenvalue weighted by molar-refractivity contribution is 0.101. The molecule has 0 radical (unpaired) electrons. The minimum Gasteiger partial charge on any atom is -0.322 e. The Morgan fingerprint density at radius 2 is 1.19 bits per heavy atom. The summed E-state index contributed by atoms with van der Waals surface area (Å²) < 4.78 is 0. The lowest BCUT2D eigenvalue weighted by atomic mass is 10.1. The summed E-state index contributed by atoms with van der Waals surface area (Å²) in [7, 11) is 0. The van der Waals surface area contributed by atoms with Crippen LogP contribution in [0.1, 0.15) is 20.7 Å². The lowest BCUT2D eigenvalue weighted by Gasteiger charge is -2.09. The number of nitrogens with one attached hydrogen (secondary N) is 2. The van der Waals surface area contributed by atoms with Gasteiger partial charge in [0.25, 0.3) is 11.8 Å². The first-order chi connectivity index (χ1) is 12.5. The van der Waals surface area contributed by atoms with E-state index < -0.39 is 0 Å². The number of anilines is 2. The Balaban J connectivity index is 1.74. The van der Waals surface area contributed by atoms with Gasteiger partial charge in [0, 0.05) is 32.5 Å². The van der Waals surface area contributed by atoms with Crippen LogP contribution in [0, 0.1) is 0 Å². The van der Waals surface area contributed by atoms with Gasteiger partial charge in [-0.15, -0.1) is 0 Å². The average molecular weight is 385 g/mol. The fourth-order valence-electron chi connectivity index (χ4n) is 2.36. The van der Waals surface area contributed by atoms with E-state index in [1.807, 2.05) is 6.07 Å². The second kappa shape index (κ2) is 8.04. The molecule has 2 amide bonds. The van der Waals surface area contributed by atoms with E-state index in [4.69, 9.17) is 23.2 Å². The maximum absolute atomic E-state index is 12.4. The summed E-state index contributed by atoms with van der Waals surface area (Å²) in [6, 6.07) is 20.3. The topological polar surface area (TPSA) is 58.2 Å². The summed E-state index contributed by atoms with van der Waals surface area (Å²) >= 11 is 11.9. The van der Waals surface area contributed by atoms with Gasteiger partial charge >= 0.3 is 0 Å². The van der Waals surface area contributed by atoms with Crippen molar-refractivity contribution >= 4 is 46.4 Å². The van der Waals surface area contributed by atoms with Crippen LogP contribution in [0.25, 0.3) is 0 Å². The normalized spacial score (nSPS) is 10.2. The van der Waals surface area contributed by atoms with E-state index in [9.17, 15) is 9.59 Å². The van der Waals surface area contributed by atoms with Crippen molar-refractivity contribution in [1.29, 1.82) is 0 Å². The van der Waals surface area contributed by atoms with Crippen molar-refractivity contribution in [2.24, 2.45) is 0 Å². The molecule has 0 saturated carbocycles. The highest BCUT2D eigenvalue weighted by molar-refractivity contribution is 6.35. The molecule has 0 fully saturated rings. The molecule has 0 aliphatic heterocycles. The molecule has 130 valence electrons. The van der Waals surface area contributed by atoms with Crippen LogP contribution in [0.3, 0.4) is 0 Å². The largest absolute Gasteiger partial charge is 0.322 e. The molecule has 2 N–H and O–H groups in total. The number of amides is 2. The first-order valence-electron chi connectivity index (χ1n) is 7.75. The predicted octanol–water partition coefficient (Wildman–Crippen LogP) is 5.50. The smallest absolute Gasteiger partial charge is 0.255 e. The maximum atomic E-state index is 12.4. The van der Waals surface area contributed by atoms with Crippen LogP contribution in [0.4, 0.5) is 11.4 Å². The summed E-state index contributed by atoms with van der Waals surface area (Å²) in [5, 5.41) is 6.36. The Labute approximate surface area is 160 Å². The van der Waals surface area contributed by atoms with Gasteiger partial charge in [-0.25, -0.2) is 0 Å². The number of hydrogen-bond acceptors (Lipinski definition) is 2. The Hall–Kier alpha value is -2.82. The van der Waals surface area contributed by atoms with Crippen LogP contribution in [0.2, 0.25) is 10.0 Å². The molecule has 6 heteroatoms. The fraction of sp³-hybridized carbons (Fsp3) is 0. The molecule has 0 spiro atoms. The molecule has 0 unspecified atom stereocenters. The number of carbonyl (C=O) groups is 2. The second-order valence-corrected chi connectivity index (χ2v) is 6.39. The third kappa shape index (κ3) is 4.63. The zero-order chi connectivity index (χ0) is 18.5. The highest BCUT2D eigenvalue weighted by Crippen LogP contribution is 2.23.